The fourth-order valence-corrected chi connectivity index (χ4v) is 2.29. The molecule has 0 aliphatic heterocycles. The number of carbonyl (C=O) groups is 3. The zero-order valence-electron chi connectivity index (χ0n) is 14.7. The highest BCUT2D eigenvalue weighted by Gasteiger charge is 2.17. The fraction of sp³-hybridized carbons (Fsp3) is 0.235. The smallest absolute Gasteiger partial charge is 0.414 e. The van der Waals surface area contributed by atoms with E-state index in [1.807, 2.05) is 10.3 Å². The number of rotatable bonds is 6. The molecule has 2 N–H and O–H groups in total. The monoisotopic (exact) mass is 409 g/mol. The van der Waals surface area contributed by atoms with E-state index >= 15 is 0 Å². The van der Waals surface area contributed by atoms with Crippen LogP contribution >= 0.6 is 11.6 Å². The van der Waals surface area contributed by atoms with Crippen molar-refractivity contribution in [1.29, 1.82) is 0 Å². The number of esters is 1. The molecule has 0 bridgehead atoms. The molecule has 0 saturated heterocycles. The first-order valence-corrected chi connectivity index (χ1v) is 8.44. The molecule has 1 heterocycles. The van der Waals surface area contributed by atoms with E-state index in [4.69, 9.17) is 16.3 Å². The number of alkyl carbamates (subject to hydrolysis) is 1. The second-order valence-electron chi connectivity index (χ2n) is 5.32. The Balaban J connectivity index is 2.06. The largest absolute Gasteiger partial charge is 0.460 e. The molecule has 0 saturated carbocycles. The number of aromatic amines is 1. The van der Waals surface area contributed by atoms with Gasteiger partial charge in [0.2, 0.25) is 0 Å². The maximum Gasteiger partial charge on any atom is 0.414 e. The van der Waals surface area contributed by atoms with Gasteiger partial charge in [-0.2, -0.15) is 0 Å². The first-order chi connectivity index (χ1) is 13.3. The summed E-state index contributed by atoms with van der Waals surface area (Å²) in [5.41, 5.74) is -2.03. The third-order valence-electron chi connectivity index (χ3n) is 3.37. The highest BCUT2D eigenvalue weighted by atomic mass is 35.5. The summed E-state index contributed by atoms with van der Waals surface area (Å²) < 4.78 is 10.6. The van der Waals surface area contributed by atoms with E-state index in [2.05, 4.69) is 4.74 Å². The number of imide groups is 1. The van der Waals surface area contributed by atoms with Crippen molar-refractivity contribution in [2.75, 3.05) is 13.2 Å². The number of halogens is 1. The van der Waals surface area contributed by atoms with Gasteiger partial charge in [-0.25, -0.2) is 14.4 Å². The average molecular weight is 410 g/mol. The molecular weight excluding hydrogens is 394 g/mol. The van der Waals surface area contributed by atoms with Crippen LogP contribution in [0.15, 0.2) is 40.1 Å². The highest BCUT2D eigenvalue weighted by Crippen LogP contribution is 2.11. The van der Waals surface area contributed by atoms with Gasteiger partial charge in [-0.15, -0.1) is 0 Å². The van der Waals surface area contributed by atoms with Gasteiger partial charge in [0, 0.05) is 11.2 Å². The summed E-state index contributed by atoms with van der Waals surface area (Å²) in [6.07, 6.45) is -0.0664. The number of nitrogens with one attached hydrogen (secondary N) is 2. The minimum Gasteiger partial charge on any atom is -0.460 e. The maximum absolute atomic E-state index is 12.0. The number of carbonyl (C=O) groups excluding carboxylic acids is 3. The van der Waals surface area contributed by atoms with Crippen LogP contribution in [0.5, 0.6) is 0 Å². The lowest BCUT2D eigenvalue weighted by molar-refractivity contribution is 0.0489. The second-order valence-corrected chi connectivity index (χ2v) is 5.75. The van der Waals surface area contributed by atoms with Gasteiger partial charge in [-0.3, -0.25) is 24.5 Å². The van der Waals surface area contributed by atoms with Crippen molar-refractivity contribution in [3.8, 4) is 0 Å². The van der Waals surface area contributed by atoms with E-state index < -0.39 is 34.8 Å². The summed E-state index contributed by atoms with van der Waals surface area (Å²) in [6.45, 7) is 1.23. The number of aromatic nitrogens is 2. The van der Waals surface area contributed by atoms with E-state index in [0.717, 1.165) is 10.8 Å². The number of ether oxygens (including phenoxy) is 2. The van der Waals surface area contributed by atoms with Gasteiger partial charge in [-0.05, 0) is 25.1 Å². The van der Waals surface area contributed by atoms with Crippen LogP contribution in [0.1, 0.15) is 27.6 Å². The molecule has 1 aromatic heterocycles. The number of amides is 2. The fourth-order valence-electron chi connectivity index (χ4n) is 2.10. The van der Waals surface area contributed by atoms with Crippen LogP contribution in [0.25, 0.3) is 0 Å². The summed E-state index contributed by atoms with van der Waals surface area (Å²) in [4.78, 5) is 60.8. The predicted octanol–water partition coefficient (Wildman–Crippen LogP) is 0.933. The number of benzene rings is 1. The van der Waals surface area contributed by atoms with Gasteiger partial charge in [0.05, 0.1) is 18.7 Å². The van der Waals surface area contributed by atoms with E-state index in [1.54, 1.807) is 19.1 Å². The summed E-state index contributed by atoms with van der Waals surface area (Å²) in [5, 5.41) is 2.22. The van der Waals surface area contributed by atoms with Crippen molar-refractivity contribution in [2.45, 2.75) is 13.5 Å². The van der Waals surface area contributed by atoms with Crippen molar-refractivity contribution in [3.63, 3.8) is 0 Å². The Morgan fingerprint density at radius 2 is 1.96 bits per heavy atom. The molecule has 2 rings (SSSR count). The van der Waals surface area contributed by atoms with Crippen molar-refractivity contribution in [3.05, 3.63) is 67.4 Å². The minimum atomic E-state index is -1.04. The molecule has 11 heteroatoms. The van der Waals surface area contributed by atoms with E-state index in [-0.39, 0.29) is 25.3 Å². The van der Waals surface area contributed by atoms with Gasteiger partial charge >= 0.3 is 17.8 Å². The molecule has 0 radical (unpaired) electrons. The van der Waals surface area contributed by atoms with Crippen LogP contribution in [0.3, 0.4) is 0 Å². The van der Waals surface area contributed by atoms with Crippen molar-refractivity contribution in [2.24, 2.45) is 0 Å². The lowest BCUT2D eigenvalue weighted by Crippen LogP contribution is -2.39. The molecule has 10 nitrogen and oxygen atoms in total. The lowest BCUT2D eigenvalue weighted by atomic mass is 10.2. The summed E-state index contributed by atoms with van der Waals surface area (Å²) in [5.74, 6) is -1.69. The molecule has 28 heavy (non-hydrogen) atoms. The molecule has 1 aromatic carbocycles. The quantitative estimate of drug-likeness (QED) is 0.677. The maximum atomic E-state index is 12.0. The van der Waals surface area contributed by atoms with Gasteiger partial charge in [0.25, 0.3) is 11.5 Å². The number of nitrogens with zero attached hydrogens (tertiary/aromatic N) is 1. The Kier molecular flexibility index (Phi) is 7.10. The van der Waals surface area contributed by atoms with Crippen LogP contribution in [0.4, 0.5) is 4.79 Å². The van der Waals surface area contributed by atoms with Crippen LogP contribution in [0, 0.1) is 0 Å². The first-order valence-electron chi connectivity index (χ1n) is 8.06. The zero-order chi connectivity index (χ0) is 20.7. The van der Waals surface area contributed by atoms with Gasteiger partial charge in [0.15, 0.2) is 0 Å². The van der Waals surface area contributed by atoms with E-state index in [0.29, 0.717) is 5.02 Å². The molecule has 0 fully saturated rings. The molecule has 2 aromatic rings. The summed E-state index contributed by atoms with van der Waals surface area (Å²) in [7, 11) is 0. The third kappa shape index (κ3) is 5.55. The molecule has 0 atom stereocenters. The molecule has 2 amide bonds. The van der Waals surface area contributed by atoms with Gasteiger partial charge < -0.3 is 9.47 Å². The first kappa shape index (κ1) is 20.9. The average Bonchev–Trinajstić information content (AvgIpc) is 2.63. The molecule has 0 unspecified atom stereocenters. The topological polar surface area (TPSA) is 137 Å². The Morgan fingerprint density at radius 1 is 1.21 bits per heavy atom. The molecule has 0 aliphatic carbocycles. The van der Waals surface area contributed by atoms with Gasteiger partial charge in [-0.1, -0.05) is 17.7 Å². The second kappa shape index (κ2) is 9.51. The van der Waals surface area contributed by atoms with Crippen molar-refractivity contribution < 1.29 is 23.9 Å². The standard InChI is InChI=1S/C17H16ClN3O7/c1-2-27-17(26)20-14(23)12-9-21(16(25)19-13(12)22)6-7-28-15(24)10-4-3-5-11(18)8-10/h3-5,8-9H,2,6-7H2,1H3,(H,19,22,25)(H,20,23,26). The summed E-state index contributed by atoms with van der Waals surface area (Å²) in [6, 6.07) is 6.12. The normalized spacial score (nSPS) is 10.2. The number of hydrogen-bond donors (Lipinski definition) is 2. The molecular formula is C17H16ClN3O7. The van der Waals surface area contributed by atoms with Crippen LogP contribution in [-0.4, -0.2) is 40.7 Å². The Hall–Kier alpha value is -3.40. The van der Waals surface area contributed by atoms with E-state index in [9.17, 15) is 24.0 Å². The SMILES string of the molecule is CCOC(=O)NC(=O)c1cn(CCOC(=O)c2cccc(Cl)c2)c(=O)[nH]c1=O. The van der Waals surface area contributed by atoms with Crippen LogP contribution < -0.4 is 16.6 Å². The van der Waals surface area contributed by atoms with Crippen LogP contribution in [0.2, 0.25) is 5.02 Å². The van der Waals surface area contributed by atoms with Crippen molar-refractivity contribution in [1.82, 2.24) is 14.9 Å². The zero-order valence-corrected chi connectivity index (χ0v) is 15.4. The Morgan fingerprint density at radius 3 is 2.64 bits per heavy atom. The van der Waals surface area contributed by atoms with Crippen LogP contribution in [-0.2, 0) is 16.0 Å². The Bertz CT molecular complexity index is 1010. The third-order valence-corrected chi connectivity index (χ3v) is 3.61. The minimum absolute atomic E-state index is 0.0347. The Labute approximate surface area is 163 Å². The molecule has 148 valence electrons. The lowest BCUT2D eigenvalue weighted by Gasteiger charge is -2.09. The van der Waals surface area contributed by atoms with E-state index in [1.165, 1.54) is 12.1 Å². The number of H-pyrrole nitrogens is 1. The predicted molar refractivity (Wildman–Crippen MR) is 97.5 cm³/mol. The summed E-state index contributed by atoms with van der Waals surface area (Å²) >= 11 is 5.80. The molecule has 0 spiro atoms. The number of hydrogen-bond acceptors (Lipinski definition) is 7. The highest BCUT2D eigenvalue weighted by molar-refractivity contribution is 6.30. The van der Waals surface area contributed by atoms with Crippen molar-refractivity contribution >= 4 is 29.6 Å². The van der Waals surface area contributed by atoms with Gasteiger partial charge in [0.1, 0.15) is 12.2 Å². The molecule has 0 aliphatic rings.